The van der Waals surface area contributed by atoms with E-state index in [4.69, 9.17) is 4.74 Å². The van der Waals surface area contributed by atoms with E-state index in [9.17, 15) is 4.79 Å². The number of carbonyl (C=O) groups is 1. The fraction of sp³-hybridized carbons (Fsp3) is 0.462. The smallest absolute Gasteiger partial charge is 0.164 e. The zero-order valence-electron chi connectivity index (χ0n) is 9.66. The third-order valence-corrected chi connectivity index (χ3v) is 3.90. The van der Waals surface area contributed by atoms with E-state index in [-0.39, 0.29) is 5.78 Å². The Balaban J connectivity index is 2.33. The van der Waals surface area contributed by atoms with Crippen molar-refractivity contribution in [3.63, 3.8) is 0 Å². The van der Waals surface area contributed by atoms with Crippen LogP contribution in [-0.2, 0) is 5.75 Å². The number of thioether (sulfide) groups is 1. The van der Waals surface area contributed by atoms with Crippen LogP contribution >= 0.6 is 11.8 Å². The van der Waals surface area contributed by atoms with Crippen molar-refractivity contribution in [3.05, 3.63) is 29.3 Å². The third kappa shape index (κ3) is 2.40. The average molecular weight is 236 g/mol. The van der Waals surface area contributed by atoms with Gasteiger partial charge in [-0.15, -0.1) is 0 Å². The maximum Gasteiger partial charge on any atom is 0.164 e. The summed E-state index contributed by atoms with van der Waals surface area (Å²) in [5, 5.41) is 0.412. The molecule has 1 unspecified atom stereocenters. The number of hydrogen-bond acceptors (Lipinski definition) is 3. The molecule has 1 aromatic carbocycles. The first-order valence-corrected chi connectivity index (χ1v) is 6.66. The van der Waals surface area contributed by atoms with Gasteiger partial charge in [0.05, 0.1) is 6.61 Å². The highest BCUT2D eigenvalue weighted by Gasteiger charge is 2.20. The van der Waals surface area contributed by atoms with Gasteiger partial charge in [0.2, 0.25) is 0 Å². The van der Waals surface area contributed by atoms with Crippen molar-refractivity contribution in [1.82, 2.24) is 0 Å². The summed E-state index contributed by atoms with van der Waals surface area (Å²) in [6, 6.07) is 5.86. The van der Waals surface area contributed by atoms with Crippen molar-refractivity contribution in [2.24, 2.45) is 0 Å². The van der Waals surface area contributed by atoms with Crippen LogP contribution in [0.4, 0.5) is 0 Å². The first kappa shape index (κ1) is 11.5. The van der Waals surface area contributed by atoms with Gasteiger partial charge in [0.1, 0.15) is 5.75 Å². The molecule has 0 amide bonds. The number of fused-ring (bicyclic) bond motifs is 1. The fourth-order valence-electron chi connectivity index (χ4n) is 1.86. The molecule has 1 heterocycles. The molecule has 0 radical (unpaired) electrons. The lowest BCUT2D eigenvalue weighted by Gasteiger charge is -2.07. The Hall–Kier alpha value is -0.960. The molecule has 0 fully saturated rings. The number of Topliss-reactive ketones (excluding diaryl/α,β-unsaturated/α-hetero) is 1. The lowest BCUT2D eigenvalue weighted by atomic mass is 10.0. The summed E-state index contributed by atoms with van der Waals surface area (Å²) in [6.45, 7) is 4.70. The van der Waals surface area contributed by atoms with E-state index in [0.29, 0.717) is 18.3 Å². The first-order valence-electron chi connectivity index (χ1n) is 5.61. The van der Waals surface area contributed by atoms with Crippen LogP contribution in [0.1, 0.15) is 36.2 Å². The molecule has 1 atom stereocenters. The van der Waals surface area contributed by atoms with E-state index in [1.807, 2.05) is 36.9 Å². The number of hydrogen-bond donors (Lipinski definition) is 0. The normalized spacial score (nSPS) is 20.1. The number of benzene rings is 1. The fourth-order valence-corrected chi connectivity index (χ4v) is 2.84. The van der Waals surface area contributed by atoms with Gasteiger partial charge in [-0.25, -0.2) is 0 Å². The molecule has 0 aromatic heterocycles. The van der Waals surface area contributed by atoms with Gasteiger partial charge in [0.15, 0.2) is 5.78 Å². The Morgan fingerprint density at radius 2 is 2.31 bits per heavy atom. The molecular formula is C13H16O2S. The standard InChI is InChI=1S/C13H16O2S/c1-3-15-11-5-4-10-8-16-9(2)6-13(14)12(10)7-11/h4-5,7,9H,3,6,8H2,1-2H3. The van der Waals surface area contributed by atoms with Gasteiger partial charge in [-0.3, -0.25) is 4.79 Å². The van der Waals surface area contributed by atoms with E-state index in [0.717, 1.165) is 22.6 Å². The maximum atomic E-state index is 12.0. The highest BCUT2D eigenvalue weighted by atomic mass is 32.2. The Bertz CT molecular complexity index is 401. The summed E-state index contributed by atoms with van der Waals surface area (Å²) in [6.07, 6.45) is 0.632. The molecule has 3 heteroatoms. The van der Waals surface area contributed by atoms with Gasteiger partial charge in [0, 0.05) is 23.0 Å². The van der Waals surface area contributed by atoms with Crippen LogP contribution in [0.15, 0.2) is 18.2 Å². The number of carbonyl (C=O) groups excluding carboxylic acids is 1. The Morgan fingerprint density at radius 3 is 3.06 bits per heavy atom. The van der Waals surface area contributed by atoms with E-state index < -0.39 is 0 Å². The molecule has 2 nitrogen and oxygen atoms in total. The molecule has 0 aliphatic carbocycles. The second-order valence-corrected chi connectivity index (χ2v) is 5.43. The van der Waals surface area contributed by atoms with Crippen LogP contribution < -0.4 is 4.74 Å². The molecule has 16 heavy (non-hydrogen) atoms. The molecule has 1 aromatic rings. The predicted octanol–water partition coefficient (Wildman–Crippen LogP) is 3.29. The van der Waals surface area contributed by atoms with Crippen molar-refractivity contribution in [2.75, 3.05) is 6.61 Å². The summed E-state index contributed by atoms with van der Waals surface area (Å²) in [5.74, 6) is 1.97. The Kier molecular flexibility index (Phi) is 3.54. The van der Waals surface area contributed by atoms with Crippen molar-refractivity contribution in [1.29, 1.82) is 0 Å². The molecule has 1 aliphatic heterocycles. The quantitative estimate of drug-likeness (QED) is 0.788. The summed E-state index contributed by atoms with van der Waals surface area (Å²) in [4.78, 5) is 12.0. The largest absolute Gasteiger partial charge is 0.494 e. The van der Waals surface area contributed by atoms with Crippen molar-refractivity contribution in [3.8, 4) is 5.75 Å². The molecule has 0 spiro atoms. The van der Waals surface area contributed by atoms with Gasteiger partial charge in [-0.05, 0) is 24.6 Å². The molecule has 1 aliphatic rings. The predicted molar refractivity (Wildman–Crippen MR) is 67.3 cm³/mol. The van der Waals surface area contributed by atoms with Crippen molar-refractivity contribution < 1.29 is 9.53 Å². The van der Waals surface area contributed by atoms with E-state index in [1.54, 1.807) is 0 Å². The molecule has 86 valence electrons. The molecule has 2 rings (SSSR count). The van der Waals surface area contributed by atoms with Crippen LogP contribution in [0.2, 0.25) is 0 Å². The number of ketones is 1. The minimum absolute atomic E-state index is 0.244. The third-order valence-electron chi connectivity index (χ3n) is 2.69. The Morgan fingerprint density at radius 1 is 1.50 bits per heavy atom. The highest BCUT2D eigenvalue weighted by Crippen LogP contribution is 2.30. The molecule has 0 saturated heterocycles. The van der Waals surface area contributed by atoms with E-state index in [2.05, 4.69) is 6.92 Å². The van der Waals surface area contributed by atoms with Gasteiger partial charge in [-0.1, -0.05) is 13.0 Å². The highest BCUT2D eigenvalue weighted by molar-refractivity contribution is 7.99. The van der Waals surface area contributed by atoms with Crippen LogP contribution in [-0.4, -0.2) is 17.6 Å². The second kappa shape index (κ2) is 4.91. The van der Waals surface area contributed by atoms with Crippen LogP contribution in [0, 0.1) is 0 Å². The van der Waals surface area contributed by atoms with Crippen molar-refractivity contribution >= 4 is 17.5 Å². The first-order chi connectivity index (χ1) is 7.70. The topological polar surface area (TPSA) is 26.3 Å². The number of ether oxygens (including phenoxy) is 1. The Labute approximate surface area is 100 Å². The summed E-state index contributed by atoms with van der Waals surface area (Å²) >= 11 is 1.84. The van der Waals surface area contributed by atoms with Gasteiger partial charge < -0.3 is 4.74 Å². The van der Waals surface area contributed by atoms with Crippen LogP contribution in [0.5, 0.6) is 5.75 Å². The average Bonchev–Trinajstić information content (AvgIpc) is 2.40. The summed E-state index contributed by atoms with van der Waals surface area (Å²) in [5.41, 5.74) is 1.99. The zero-order chi connectivity index (χ0) is 11.5. The van der Waals surface area contributed by atoms with E-state index >= 15 is 0 Å². The monoisotopic (exact) mass is 236 g/mol. The lowest BCUT2D eigenvalue weighted by molar-refractivity contribution is 0.0983. The maximum absolute atomic E-state index is 12.0. The molecule has 0 bridgehead atoms. The van der Waals surface area contributed by atoms with Crippen molar-refractivity contribution in [2.45, 2.75) is 31.3 Å². The lowest BCUT2D eigenvalue weighted by Crippen LogP contribution is -2.05. The minimum atomic E-state index is 0.244. The zero-order valence-corrected chi connectivity index (χ0v) is 10.5. The SMILES string of the molecule is CCOc1ccc2c(c1)C(=O)CC(C)SC2. The van der Waals surface area contributed by atoms with Gasteiger partial charge in [0.25, 0.3) is 0 Å². The van der Waals surface area contributed by atoms with Crippen LogP contribution in [0.25, 0.3) is 0 Å². The van der Waals surface area contributed by atoms with E-state index in [1.165, 1.54) is 0 Å². The number of rotatable bonds is 2. The second-order valence-electron chi connectivity index (χ2n) is 4.00. The molecular weight excluding hydrogens is 220 g/mol. The van der Waals surface area contributed by atoms with Gasteiger partial charge in [-0.2, -0.15) is 11.8 Å². The molecule has 0 saturated carbocycles. The summed E-state index contributed by atoms with van der Waals surface area (Å²) < 4.78 is 5.43. The van der Waals surface area contributed by atoms with Crippen LogP contribution in [0.3, 0.4) is 0 Å². The summed E-state index contributed by atoms with van der Waals surface area (Å²) in [7, 11) is 0. The minimum Gasteiger partial charge on any atom is -0.494 e. The molecule has 0 N–H and O–H groups in total. The van der Waals surface area contributed by atoms with Gasteiger partial charge >= 0.3 is 0 Å².